The topological polar surface area (TPSA) is 29.5 Å². The Morgan fingerprint density at radius 2 is 1.85 bits per heavy atom. The van der Waals surface area contributed by atoms with Crippen LogP contribution in [0.2, 0.25) is 0 Å². The number of aliphatic hydroxyl groups is 1. The van der Waals surface area contributed by atoms with Gasteiger partial charge in [0.1, 0.15) is 17.7 Å². The third-order valence-electron chi connectivity index (χ3n) is 3.86. The summed E-state index contributed by atoms with van der Waals surface area (Å²) in [5.41, 5.74) is 4.27. The molecule has 104 valence electrons. The zero-order valence-electron chi connectivity index (χ0n) is 11.6. The molecule has 0 saturated heterocycles. The Hall–Kier alpha value is -1.87. The van der Waals surface area contributed by atoms with E-state index in [-0.39, 0.29) is 5.82 Å². The van der Waals surface area contributed by atoms with E-state index >= 15 is 0 Å². The molecule has 0 aromatic heterocycles. The van der Waals surface area contributed by atoms with E-state index in [2.05, 4.69) is 0 Å². The summed E-state index contributed by atoms with van der Waals surface area (Å²) in [4.78, 5) is 0. The number of aliphatic hydroxyl groups excluding tert-OH is 1. The van der Waals surface area contributed by atoms with Gasteiger partial charge in [0, 0.05) is 6.42 Å². The quantitative estimate of drug-likeness (QED) is 0.907. The lowest BCUT2D eigenvalue weighted by atomic mass is 9.92. The number of ether oxygens (including phenoxy) is 1. The van der Waals surface area contributed by atoms with Crippen LogP contribution in [0, 0.1) is 19.7 Å². The third-order valence-corrected chi connectivity index (χ3v) is 3.86. The molecule has 2 aromatic carbocycles. The van der Waals surface area contributed by atoms with Crippen molar-refractivity contribution in [1.29, 1.82) is 0 Å². The maximum absolute atomic E-state index is 13.4. The second-order valence-electron chi connectivity index (χ2n) is 5.32. The first-order valence-corrected chi connectivity index (χ1v) is 6.76. The minimum Gasteiger partial charge on any atom is -0.493 e. The fourth-order valence-corrected chi connectivity index (χ4v) is 2.90. The smallest absolute Gasteiger partial charge is 0.123 e. The van der Waals surface area contributed by atoms with Crippen molar-refractivity contribution in [2.24, 2.45) is 0 Å². The summed E-state index contributed by atoms with van der Waals surface area (Å²) in [7, 11) is 0. The highest BCUT2D eigenvalue weighted by Gasteiger charge is 2.19. The number of aryl methyl sites for hydroxylation is 2. The predicted molar refractivity (Wildman–Crippen MR) is 75.6 cm³/mol. The standard InChI is InChI=1S/C17H17FO2/c1-10-7-14(18)8-11(2)16(10)17(19)13-3-4-15-12(9-13)5-6-20-15/h3-4,7-9,17,19H,5-6H2,1-2H3. The Morgan fingerprint density at radius 1 is 1.15 bits per heavy atom. The van der Waals surface area contributed by atoms with Gasteiger partial charge in [0.15, 0.2) is 0 Å². The van der Waals surface area contributed by atoms with E-state index in [1.54, 1.807) is 0 Å². The number of fused-ring (bicyclic) bond motifs is 1. The van der Waals surface area contributed by atoms with Gasteiger partial charge in [-0.2, -0.15) is 0 Å². The lowest BCUT2D eigenvalue weighted by molar-refractivity contribution is 0.218. The molecule has 3 heteroatoms. The monoisotopic (exact) mass is 272 g/mol. The fourth-order valence-electron chi connectivity index (χ4n) is 2.90. The summed E-state index contributed by atoms with van der Waals surface area (Å²) in [5.74, 6) is 0.631. The maximum atomic E-state index is 13.4. The molecule has 0 radical (unpaired) electrons. The first kappa shape index (κ1) is 13.1. The minimum atomic E-state index is -0.735. The maximum Gasteiger partial charge on any atom is 0.123 e. The molecular weight excluding hydrogens is 255 g/mol. The highest BCUT2D eigenvalue weighted by atomic mass is 19.1. The number of halogens is 1. The summed E-state index contributed by atoms with van der Waals surface area (Å²) >= 11 is 0. The summed E-state index contributed by atoms with van der Waals surface area (Å²) in [5, 5.41) is 10.6. The van der Waals surface area contributed by atoms with Gasteiger partial charge in [-0.3, -0.25) is 0 Å². The third kappa shape index (κ3) is 2.18. The van der Waals surface area contributed by atoms with Gasteiger partial charge in [-0.25, -0.2) is 4.39 Å². The Bertz CT molecular complexity index is 641. The second kappa shape index (κ2) is 4.91. The lowest BCUT2D eigenvalue weighted by Crippen LogP contribution is -2.05. The summed E-state index contributed by atoms with van der Waals surface area (Å²) in [6, 6.07) is 8.67. The van der Waals surface area contributed by atoms with Crippen LogP contribution in [0.1, 0.15) is 33.9 Å². The Balaban J connectivity index is 2.03. The molecule has 0 fully saturated rings. The number of hydrogen-bond acceptors (Lipinski definition) is 2. The molecule has 0 spiro atoms. The van der Waals surface area contributed by atoms with Crippen LogP contribution in [0.5, 0.6) is 5.75 Å². The first-order valence-electron chi connectivity index (χ1n) is 6.76. The molecule has 2 aromatic rings. The molecule has 0 saturated carbocycles. The summed E-state index contributed by atoms with van der Waals surface area (Å²) < 4.78 is 18.8. The van der Waals surface area contributed by atoms with Crippen LogP contribution in [0.15, 0.2) is 30.3 Å². The number of hydrogen-bond donors (Lipinski definition) is 1. The molecule has 1 N–H and O–H groups in total. The van der Waals surface area contributed by atoms with Gasteiger partial charge in [0.2, 0.25) is 0 Å². The van der Waals surface area contributed by atoms with Crippen LogP contribution in [-0.2, 0) is 6.42 Å². The zero-order valence-corrected chi connectivity index (χ0v) is 11.6. The molecule has 1 unspecified atom stereocenters. The van der Waals surface area contributed by atoms with Crippen LogP contribution in [0.4, 0.5) is 4.39 Å². The molecule has 1 aliphatic heterocycles. The van der Waals surface area contributed by atoms with E-state index in [1.165, 1.54) is 12.1 Å². The van der Waals surface area contributed by atoms with Gasteiger partial charge in [-0.15, -0.1) is 0 Å². The number of rotatable bonds is 2. The molecule has 20 heavy (non-hydrogen) atoms. The van der Waals surface area contributed by atoms with Gasteiger partial charge in [0.25, 0.3) is 0 Å². The average molecular weight is 272 g/mol. The van der Waals surface area contributed by atoms with Crippen molar-refractivity contribution >= 4 is 0 Å². The van der Waals surface area contributed by atoms with Crippen molar-refractivity contribution in [1.82, 2.24) is 0 Å². The van der Waals surface area contributed by atoms with Crippen molar-refractivity contribution in [3.05, 3.63) is 64.0 Å². The Labute approximate surface area is 117 Å². The predicted octanol–water partition coefficient (Wildman–Crippen LogP) is 3.46. The molecule has 0 amide bonds. The van der Waals surface area contributed by atoms with Crippen molar-refractivity contribution in [2.75, 3.05) is 6.61 Å². The van der Waals surface area contributed by atoms with Gasteiger partial charge in [-0.1, -0.05) is 6.07 Å². The highest BCUT2D eigenvalue weighted by molar-refractivity contribution is 5.45. The van der Waals surface area contributed by atoms with E-state index < -0.39 is 6.10 Å². The fraction of sp³-hybridized carbons (Fsp3) is 0.294. The van der Waals surface area contributed by atoms with E-state index in [0.29, 0.717) is 6.61 Å². The minimum absolute atomic E-state index is 0.265. The molecule has 3 rings (SSSR count). The molecule has 1 heterocycles. The van der Waals surface area contributed by atoms with Crippen LogP contribution in [0.25, 0.3) is 0 Å². The van der Waals surface area contributed by atoms with Gasteiger partial charge < -0.3 is 9.84 Å². The second-order valence-corrected chi connectivity index (χ2v) is 5.32. The lowest BCUT2D eigenvalue weighted by Gasteiger charge is -2.18. The summed E-state index contributed by atoms with van der Waals surface area (Å²) in [6.07, 6.45) is 0.138. The van der Waals surface area contributed by atoms with E-state index in [9.17, 15) is 9.50 Å². The SMILES string of the molecule is Cc1cc(F)cc(C)c1C(O)c1ccc2c(c1)CCO2. The van der Waals surface area contributed by atoms with Gasteiger partial charge in [-0.05, 0) is 65.9 Å². The van der Waals surface area contributed by atoms with Crippen molar-refractivity contribution < 1.29 is 14.2 Å². The van der Waals surface area contributed by atoms with Crippen LogP contribution in [0.3, 0.4) is 0 Å². The Morgan fingerprint density at radius 3 is 2.55 bits per heavy atom. The van der Waals surface area contributed by atoms with E-state index in [0.717, 1.165) is 40.0 Å². The van der Waals surface area contributed by atoms with E-state index in [1.807, 2.05) is 32.0 Å². The van der Waals surface area contributed by atoms with Crippen LogP contribution >= 0.6 is 0 Å². The molecule has 0 bridgehead atoms. The van der Waals surface area contributed by atoms with Gasteiger partial charge in [0.05, 0.1) is 6.61 Å². The molecule has 1 atom stereocenters. The molecule has 2 nitrogen and oxygen atoms in total. The average Bonchev–Trinajstić information content (AvgIpc) is 2.84. The van der Waals surface area contributed by atoms with Crippen LogP contribution in [-0.4, -0.2) is 11.7 Å². The van der Waals surface area contributed by atoms with Crippen molar-refractivity contribution in [2.45, 2.75) is 26.4 Å². The van der Waals surface area contributed by atoms with Gasteiger partial charge >= 0.3 is 0 Å². The summed E-state index contributed by atoms with van der Waals surface area (Å²) in [6.45, 7) is 4.35. The Kier molecular flexibility index (Phi) is 3.22. The number of benzene rings is 2. The highest BCUT2D eigenvalue weighted by Crippen LogP contribution is 2.33. The zero-order chi connectivity index (χ0) is 14.3. The largest absolute Gasteiger partial charge is 0.493 e. The molecule has 0 aliphatic carbocycles. The molecular formula is C17H17FO2. The first-order chi connectivity index (χ1) is 9.56. The normalized spacial score (nSPS) is 14.8. The van der Waals surface area contributed by atoms with Crippen molar-refractivity contribution in [3.8, 4) is 5.75 Å². The van der Waals surface area contributed by atoms with Crippen molar-refractivity contribution in [3.63, 3.8) is 0 Å². The molecule has 1 aliphatic rings. The van der Waals surface area contributed by atoms with E-state index in [4.69, 9.17) is 4.74 Å². The van der Waals surface area contributed by atoms with Crippen LogP contribution < -0.4 is 4.74 Å².